The number of hydrogen-bond donors (Lipinski definition) is 4. The van der Waals surface area contributed by atoms with Gasteiger partial charge in [0.05, 0.1) is 26.4 Å². The minimum atomic E-state index is -0.125. The number of aliphatic hydroxyl groups is 4. The van der Waals surface area contributed by atoms with Crippen LogP contribution in [0.15, 0.2) is 0 Å². The van der Waals surface area contributed by atoms with E-state index in [0.717, 1.165) is 0 Å². The van der Waals surface area contributed by atoms with Crippen LogP contribution < -0.4 is 0 Å². The Balaban J connectivity index is -0.0000000112. The van der Waals surface area contributed by atoms with Crippen molar-refractivity contribution in [2.75, 3.05) is 26.4 Å². The van der Waals surface area contributed by atoms with Crippen LogP contribution in [-0.2, 0) is 0 Å². The molecule has 4 nitrogen and oxygen atoms in total. The average molecular weight is 275 g/mol. The molecule has 0 saturated carbocycles. The quantitative estimate of drug-likeness (QED) is 0.396. The summed E-state index contributed by atoms with van der Waals surface area (Å²) in [6, 6.07) is 0. The van der Waals surface area contributed by atoms with Gasteiger partial charge in [0, 0.05) is 0 Å². The third-order valence-corrected chi connectivity index (χ3v) is 0.200. The molecule has 0 bridgehead atoms. The molecule has 0 atom stereocenters. The Morgan fingerprint density at radius 3 is 0.800 bits per heavy atom. The van der Waals surface area contributed by atoms with Gasteiger partial charge in [0.1, 0.15) is 0 Å². The van der Waals surface area contributed by atoms with Gasteiger partial charge in [0.2, 0.25) is 0 Å². The van der Waals surface area contributed by atoms with Crippen LogP contribution >= 0.6 is 0 Å². The summed E-state index contributed by atoms with van der Waals surface area (Å²) < 4.78 is 0. The van der Waals surface area contributed by atoms with E-state index in [4.69, 9.17) is 20.4 Å². The van der Waals surface area contributed by atoms with Crippen LogP contribution in [-0.4, -0.2) is 94.3 Å². The number of hydrogen-bond acceptors (Lipinski definition) is 4. The molecule has 0 amide bonds. The van der Waals surface area contributed by atoms with Crippen molar-refractivity contribution in [2.45, 2.75) is 0 Å². The molecule has 4 N–H and O–H groups in total. The van der Waals surface area contributed by atoms with Crippen molar-refractivity contribution in [1.82, 2.24) is 0 Å². The first kappa shape index (κ1) is 22.5. The minimum absolute atomic E-state index is 0. The van der Waals surface area contributed by atoms with Crippen molar-refractivity contribution in [3.05, 3.63) is 0 Å². The summed E-state index contributed by atoms with van der Waals surface area (Å²) >= 11 is 0. The molecule has 10 heavy (non-hydrogen) atoms. The van der Waals surface area contributed by atoms with Gasteiger partial charge >= 0.3 is 47.5 Å². The zero-order valence-corrected chi connectivity index (χ0v) is 11.5. The van der Waals surface area contributed by atoms with E-state index in [-0.39, 0.29) is 76.8 Å². The van der Waals surface area contributed by atoms with Crippen LogP contribution in [0.25, 0.3) is 0 Å². The van der Waals surface area contributed by atoms with E-state index in [1.807, 2.05) is 0 Å². The van der Waals surface area contributed by atoms with Crippen molar-refractivity contribution >= 4 is 47.5 Å². The molecule has 0 fully saturated rings. The predicted octanol–water partition coefficient (Wildman–Crippen LogP) is -3.40. The van der Waals surface area contributed by atoms with Crippen LogP contribution in [0.5, 0.6) is 0 Å². The molecule has 0 aliphatic heterocycles. The van der Waals surface area contributed by atoms with Crippen LogP contribution in [0.1, 0.15) is 2.85 Å². The van der Waals surface area contributed by atoms with E-state index < -0.39 is 0 Å². The van der Waals surface area contributed by atoms with Gasteiger partial charge in [-0.2, -0.15) is 0 Å². The molecule has 0 heterocycles. The SMILES string of the molecule is OCCO.OCCO.[H-].[H-].[Mg+2].[SbH3]. The van der Waals surface area contributed by atoms with Crippen molar-refractivity contribution in [3.8, 4) is 0 Å². The van der Waals surface area contributed by atoms with Gasteiger partial charge in [0.15, 0.2) is 0 Å². The Bertz CT molecular complexity index is 33.0. The van der Waals surface area contributed by atoms with E-state index >= 15 is 0 Å². The summed E-state index contributed by atoms with van der Waals surface area (Å²) in [6.07, 6.45) is 0. The van der Waals surface area contributed by atoms with Crippen LogP contribution in [0.2, 0.25) is 0 Å². The summed E-state index contributed by atoms with van der Waals surface area (Å²) in [4.78, 5) is 0. The standard InChI is InChI=1S/2C2H6O2.Mg.Sb.5H/c2*3-1-2-4;;;;;;;/h2*3-4H,1-2H2;;;;;;;/q;;+2;;;;;2*-1. The molecular formula is C4H17MgO4Sb. The summed E-state index contributed by atoms with van der Waals surface area (Å²) in [5.41, 5.74) is 0. The fourth-order valence-electron chi connectivity index (χ4n) is 0. The maximum absolute atomic E-state index is 7.62. The molecule has 0 aromatic carbocycles. The molecule has 64 valence electrons. The second-order valence-electron chi connectivity index (χ2n) is 0.894. The molecule has 0 radical (unpaired) electrons. The normalized spacial score (nSPS) is 6.00. The topological polar surface area (TPSA) is 80.9 Å². The summed E-state index contributed by atoms with van der Waals surface area (Å²) in [6.45, 7) is -0.500. The monoisotopic (exact) mass is 274 g/mol. The van der Waals surface area contributed by atoms with E-state index in [9.17, 15) is 0 Å². The fraction of sp³-hybridized carbons (Fsp3) is 1.00. The summed E-state index contributed by atoms with van der Waals surface area (Å²) in [5.74, 6) is 0. The predicted molar refractivity (Wildman–Crippen MR) is 46.3 cm³/mol. The Morgan fingerprint density at radius 2 is 0.800 bits per heavy atom. The first-order chi connectivity index (χ1) is 3.83. The Morgan fingerprint density at radius 1 is 0.700 bits per heavy atom. The molecule has 6 heteroatoms. The van der Waals surface area contributed by atoms with Gasteiger partial charge in [-0.3, -0.25) is 0 Å². The number of aliphatic hydroxyl groups excluding tert-OH is 4. The van der Waals surface area contributed by atoms with Crippen LogP contribution in [0.4, 0.5) is 0 Å². The van der Waals surface area contributed by atoms with Crippen molar-refractivity contribution < 1.29 is 23.3 Å². The summed E-state index contributed by atoms with van der Waals surface area (Å²) in [7, 11) is 0. The van der Waals surface area contributed by atoms with Gasteiger partial charge in [-0.25, -0.2) is 0 Å². The molecule has 0 saturated heterocycles. The van der Waals surface area contributed by atoms with Gasteiger partial charge in [-0.05, 0) is 0 Å². The van der Waals surface area contributed by atoms with Crippen molar-refractivity contribution in [1.29, 1.82) is 0 Å². The molecule has 0 rings (SSSR count). The zero-order valence-electron chi connectivity index (χ0n) is 8.03. The Labute approximate surface area is 96.8 Å². The average Bonchev–Trinajstić information content (AvgIpc) is 1.88. The van der Waals surface area contributed by atoms with Crippen LogP contribution in [0.3, 0.4) is 0 Å². The van der Waals surface area contributed by atoms with E-state index in [1.54, 1.807) is 0 Å². The van der Waals surface area contributed by atoms with E-state index in [1.165, 1.54) is 0 Å². The third kappa shape index (κ3) is 57.0. The molecule has 0 aromatic heterocycles. The van der Waals surface area contributed by atoms with E-state index in [2.05, 4.69) is 0 Å². The molecular weight excluding hydrogens is 258 g/mol. The van der Waals surface area contributed by atoms with Gasteiger partial charge in [0.25, 0.3) is 0 Å². The number of rotatable bonds is 2. The van der Waals surface area contributed by atoms with E-state index in [0.29, 0.717) is 0 Å². The van der Waals surface area contributed by atoms with Gasteiger partial charge in [-0.15, -0.1) is 0 Å². The second-order valence-corrected chi connectivity index (χ2v) is 0.894. The third-order valence-electron chi connectivity index (χ3n) is 0.200. The zero-order chi connectivity index (χ0) is 6.83. The van der Waals surface area contributed by atoms with Gasteiger partial charge < -0.3 is 23.3 Å². The maximum atomic E-state index is 7.62. The Hall–Kier alpha value is 1.42. The molecule has 0 aliphatic carbocycles. The summed E-state index contributed by atoms with van der Waals surface area (Å²) in [5, 5.41) is 30.5. The van der Waals surface area contributed by atoms with Crippen LogP contribution in [0, 0.1) is 0 Å². The first-order valence-electron chi connectivity index (χ1n) is 2.26. The fourth-order valence-corrected chi connectivity index (χ4v) is 0. The van der Waals surface area contributed by atoms with Crippen molar-refractivity contribution in [3.63, 3.8) is 0 Å². The van der Waals surface area contributed by atoms with Gasteiger partial charge in [-0.1, -0.05) is 0 Å². The van der Waals surface area contributed by atoms with Crippen molar-refractivity contribution in [2.24, 2.45) is 0 Å². The molecule has 0 aromatic rings. The first-order valence-corrected chi connectivity index (χ1v) is 2.26. The Kier molecular flexibility index (Phi) is 70.9. The molecule has 0 spiro atoms. The molecule has 0 unspecified atom stereocenters. The molecule has 0 aliphatic rings. The second kappa shape index (κ2) is 31.5.